The molecule has 0 aliphatic heterocycles. The number of ether oxygens (including phenoxy) is 1. The Labute approximate surface area is 145 Å². The van der Waals surface area contributed by atoms with E-state index in [1.807, 2.05) is 35.8 Å². The lowest BCUT2D eigenvalue weighted by atomic mass is 10.3. The number of amides is 1. The lowest BCUT2D eigenvalue weighted by molar-refractivity contribution is -0.122. The SMILES string of the molecule is CCn1c(NC(=O)C(C)Oc2cccc(Cl)c2)nc2ccccc21. The van der Waals surface area contributed by atoms with Gasteiger partial charge in [0, 0.05) is 11.6 Å². The summed E-state index contributed by atoms with van der Waals surface area (Å²) in [5, 5.41) is 3.40. The minimum Gasteiger partial charge on any atom is -0.481 e. The van der Waals surface area contributed by atoms with Gasteiger partial charge in [0.15, 0.2) is 6.10 Å². The summed E-state index contributed by atoms with van der Waals surface area (Å²) in [5.74, 6) is 0.805. The number of anilines is 1. The van der Waals surface area contributed by atoms with E-state index < -0.39 is 6.10 Å². The first-order valence-electron chi connectivity index (χ1n) is 7.77. The van der Waals surface area contributed by atoms with Gasteiger partial charge in [0.25, 0.3) is 5.91 Å². The molecule has 1 amide bonds. The first-order chi connectivity index (χ1) is 11.6. The van der Waals surface area contributed by atoms with E-state index in [-0.39, 0.29) is 5.91 Å². The number of carbonyl (C=O) groups excluding carboxylic acids is 1. The van der Waals surface area contributed by atoms with Crippen molar-refractivity contribution in [3.63, 3.8) is 0 Å². The molecular formula is C18H18ClN3O2. The number of aryl methyl sites for hydroxylation is 1. The molecule has 5 nitrogen and oxygen atoms in total. The number of para-hydroxylation sites is 2. The van der Waals surface area contributed by atoms with E-state index in [0.29, 0.717) is 23.3 Å². The zero-order valence-electron chi connectivity index (χ0n) is 13.5. The van der Waals surface area contributed by atoms with Gasteiger partial charge in [-0.3, -0.25) is 10.1 Å². The van der Waals surface area contributed by atoms with Crippen LogP contribution in [-0.2, 0) is 11.3 Å². The molecule has 0 aliphatic rings. The molecule has 0 saturated heterocycles. The minimum atomic E-state index is -0.673. The Kier molecular flexibility index (Phi) is 4.71. The molecule has 0 bridgehead atoms. The molecule has 24 heavy (non-hydrogen) atoms. The van der Waals surface area contributed by atoms with E-state index in [0.717, 1.165) is 11.0 Å². The van der Waals surface area contributed by atoms with Gasteiger partial charge in [0.2, 0.25) is 5.95 Å². The van der Waals surface area contributed by atoms with Crippen LogP contribution in [0.2, 0.25) is 5.02 Å². The molecule has 1 N–H and O–H groups in total. The molecule has 0 saturated carbocycles. The molecule has 0 aliphatic carbocycles. The van der Waals surface area contributed by atoms with Crippen LogP contribution in [0.15, 0.2) is 48.5 Å². The minimum absolute atomic E-state index is 0.264. The monoisotopic (exact) mass is 343 g/mol. The number of fused-ring (bicyclic) bond motifs is 1. The summed E-state index contributed by atoms with van der Waals surface area (Å²) in [6.07, 6.45) is -0.673. The zero-order chi connectivity index (χ0) is 17.1. The molecular weight excluding hydrogens is 326 g/mol. The molecule has 1 atom stereocenters. The molecule has 2 aromatic carbocycles. The summed E-state index contributed by atoms with van der Waals surface area (Å²) in [5.41, 5.74) is 1.83. The predicted molar refractivity (Wildman–Crippen MR) is 95.6 cm³/mol. The number of imidazole rings is 1. The standard InChI is InChI=1S/C18H18ClN3O2/c1-3-22-16-10-5-4-9-15(16)20-18(22)21-17(23)12(2)24-14-8-6-7-13(19)11-14/h4-12H,3H2,1-2H3,(H,20,21,23). The summed E-state index contributed by atoms with van der Waals surface area (Å²) < 4.78 is 7.60. The fourth-order valence-electron chi connectivity index (χ4n) is 2.50. The van der Waals surface area contributed by atoms with Crippen molar-refractivity contribution in [1.29, 1.82) is 0 Å². The van der Waals surface area contributed by atoms with Gasteiger partial charge in [-0.2, -0.15) is 0 Å². The number of hydrogen-bond acceptors (Lipinski definition) is 3. The second-order valence-electron chi connectivity index (χ2n) is 5.38. The Morgan fingerprint density at radius 2 is 2.08 bits per heavy atom. The van der Waals surface area contributed by atoms with Crippen LogP contribution in [0.5, 0.6) is 5.75 Å². The van der Waals surface area contributed by atoms with Crippen molar-refractivity contribution in [1.82, 2.24) is 9.55 Å². The van der Waals surface area contributed by atoms with Crippen molar-refractivity contribution < 1.29 is 9.53 Å². The number of rotatable bonds is 5. The van der Waals surface area contributed by atoms with E-state index in [4.69, 9.17) is 16.3 Å². The predicted octanol–water partition coefficient (Wildman–Crippen LogP) is 4.12. The third kappa shape index (κ3) is 3.36. The second-order valence-corrected chi connectivity index (χ2v) is 5.81. The van der Waals surface area contributed by atoms with E-state index in [1.54, 1.807) is 31.2 Å². The highest BCUT2D eigenvalue weighted by Gasteiger charge is 2.18. The molecule has 124 valence electrons. The smallest absolute Gasteiger partial charge is 0.267 e. The summed E-state index contributed by atoms with van der Waals surface area (Å²) in [4.78, 5) is 16.9. The number of halogens is 1. The van der Waals surface area contributed by atoms with Crippen LogP contribution in [0.25, 0.3) is 11.0 Å². The topological polar surface area (TPSA) is 56.2 Å². The van der Waals surface area contributed by atoms with Crippen LogP contribution < -0.4 is 10.1 Å². The Morgan fingerprint density at radius 1 is 1.29 bits per heavy atom. The lowest BCUT2D eigenvalue weighted by Crippen LogP contribution is -2.31. The Morgan fingerprint density at radius 3 is 2.83 bits per heavy atom. The third-order valence-electron chi connectivity index (χ3n) is 3.68. The van der Waals surface area contributed by atoms with Gasteiger partial charge in [-0.15, -0.1) is 0 Å². The Balaban J connectivity index is 1.77. The number of nitrogens with zero attached hydrogens (tertiary/aromatic N) is 2. The van der Waals surface area contributed by atoms with Gasteiger partial charge < -0.3 is 9.30 Å². The van der Waals surface area contributed by atoms with Crippen LogP contribution in [0.4, 0.5) is 5.95 Å². The number of aromatic nitrogens is 2. The van der Waals surface area contributed by atoms with Crippen LogP contribution >= 0.6 is 11.6 Å². The highest BCUT2D eigenvalue weighted by atomic mass is 35.5. The third-order valence-corrected chi connectivity index (χ3v) is 3.92. The molecule has 1 aromatic heterocycles. The molecule has 3 rings (SSSR count). The van der Waals surface area contributed by atoms with Crippen molar-refractivity contribution in [2.45, 2.75) is 26.5 Å². The maximum absolute atomic E-state index is 12.4. The van der Waals surface area contributed by atoms with Crippen molar-refractivity contribution in [3.05, 3.63) is 53.6 Å². The number of benzene rings is 2. The van der Waals surface area contributed by atoms with Gasteiger partial charge >= 0.3 is 0 Å². The van der Waals surface area contributed by atoms with Crippen LogP contribution in [0.3, 0.4) is 0 Å². The van der Waals surface area contributed by atoms with Crippen LogP contribution in [-0.4, -0.2) is 21.6 Å². The maximum Gasteiger partial charge on any atom is 0.267 e. The van der Waals surface area contributed by atoms with Crippen molar-refractivity contribution in [2.24, 2.45) is 0 Å². The quantitative estimate of drug-likeness (QED) is 0.758. The molecule has 0 fully saturated rings. The highest BCUT2D eigenvalue weighted by molar-refractivity contribution is 6.30. The summed E-state index contributed by atoms with van der Waals surface area (Å²) in [7, 11) is 0. The maximum atomic E-state index is 12.4. The molecule has 0 radical (unpaired) electrons. The van der Waals surface area contributed by atoms with Crippen molar-refractivity contribution >= 4 is 34.5 Å². The first kappa shape index (κ1) is 16.3. The average Bonchev–Trinajstić information content (AvgIpc) is 2.91. The van der Waals surface area contributed by atoms with Gasteiger partial charge in [-0.05, 0) is 44.2 Å². The van der Waals surface area contributed by atoms with E-state index >= 15 is 0 Å². The lowest BCUT2D eigenvalue weighted by Gasteiger charge is -2.15. The molecule has 1 unspecified atom stereocenters. The summed E-state index contributed by atoms with van der Waals surface area (Å²) >= 11 is 5.93. The van der Waals surface area contributed by atoms with Gasteiger partial charge in [-0.25, -0.2) is 4.98 Å². The first-order valence-corrected chi connectivity index (χ1v) is 8.14. The van der Waals surface area contributed by atoms with Crippen LogP contribution in [0.1, 0.15) is 13.8 Å². The van der Waals surface area contributed by atoms with Gasteiger partial charge in [0.1, 0.15) is 5.75 Å². The fraction of sp³-hybridized carbons (Fsp3) is 0.222. The zero-order valence-corrected chi connectivity index (χ0v) is 14.2. The number of carbonyl (C=O) groups is 1. The molecule has 0 spiro atoms. The largest absolute Gasteiger partial charge is 0.481 e. The number of hydrogen-bond donors (Lipinski definition) is 1. The second kappa shape index (κ2) is 6.93. The fourth-order valence-corrected chi connectivity index (χ4v) is 2.68. The molecule has 3 aromatic rings. The molecule has 1 heterocycles. The van der Waals surface area contributed by atoms with Gasteiger partial charge in [0.05, 0.1) is 11.0 Å². The van der Waals surface area contributed by atoms with Crippen molar-refractivity contribution in [2.75, 3.05) is 5.32 Å². The van der Waals surface area contributed by atoms with Crippen molar-refractivity contribution in [3.8, 4) is 5.75 Å². The Hall–Kier alpha value is -2.53. The van der Waals surface area contributed by atoms with E-state index in [2.05, 4.69) is 10.3 Å². The van der Waals surface area contributed by atoms with E-state index in [9.17, 15) is 4.79 Å². The Bertz CT molecular complexity index is 876. The summed E-state index contributed by atoms with van der Waals surface area (Å²) in [6.45, 7) is 4.41. The average molecular weight is 344 g/mol. The van der Waals surface area contributed by atoms with Crippen LogP contribution in [0, 0.1) is 0 Å². The number of nitrogens with one attached hydrogen (secondary N) is 1. The highest BCUT2D eigenvalue weighted by Crippen LogP contribution is 2.21. The van der Waals surface area contributed by atoms with E-state index in [1.165, 1.54) is 0 Å². The molecule has 6 heteroatoms. The summed E-state index contributed by atoms with van der Waals surface area (Å²) in [6, 6.07) is 14.7. The normalized spacial score (nSPS) is 12.1. The van der Waals surface area contributed by atoms with Gasteiger partial charge in [-0.1, -0.05) is 29.8 Å².